The number of H-pyrrole nitrogens is 1. The summed E-state index contributed by atoms with van der Waals surface area (Å²) in [6, 6.07) is 14.4. The Kier molecular flexibility index (Phi) is 5.96. The van der Waals surface area contributed by atoms with E-state index in [1.807, 2.05) is 25.6 Å². The maximum atomic E-state index is 4.69. The van der Waals surface area contributed by atoms with E-state index in [-0.39, 0.29) is 0 Å². The van der Waals surface area contributed by atoms with E-state index in [1.54, 1.807) is 0 Å². The van der Waals surface area contributed by atoms with Gasteiger partial charge in [0, 0.05) is 35.6 Å². The van der Waals surface area contributed by atoms with Gasteiger partial charge in [0.25, 0.3) is 0 Å². The van der Waals surface area contributed by atoms with Crippen LogP contribution in [0.5, 0.6) is 0 Å². The van der Waals surface area contributed by atoms with Crippen LogP contribution < -0.4 is 10.6 Å². The first-order chi connectivity index (χ1) is 17.2. The van der Waals surface area contributed by atoms with Gasteiger partial charge in [-0.15, -0.1) is 0 Å². The quantitative estimate of drug-likeness (QED) is 0.370. The molecule has 2 aliphatic rings. The van der Waals surface area contributed by atoms with Gasteiger partial charge in [-0.05, 0) is 81.2 Å². The molecule has 35 heavy (non-hydrogen) atoms. The first-order valence-electron chi connectivity index (χ1n) is 12.7. The van der Waals surface area contributed by atoms with E-state index >= 15 is 0 Å². The summed E-state index contributed by atoms with van der Waals surface area (Å²) in [6.07, 6.45) is 11.8. The van der Waals surface area contributed by atoms with Gasteiger partial charge >= 0.3 is 0 Å². The van der Waals surface area contributed by atoms with Crippen LogP contribution in [-0.4, -0.2) is 57.6 Å². The van der Waals surface area contributed by atoms with Crippen molar-refractivity contribution in [3.05, 3.63) is 60.8 Å². The molecule has 6 rings (SSSR count). The molecule has 0 radical (unpaired) electrons. The van der Waals surface area contributed by atoms with Crippen molar-refractivity contribution in [3.8, 4) is 22.4 Å². The molecule has 0 bridgehead atoms. The Morgan fingerprint density at radius 2 is 1.57 bits per heavy atom. The van der Waals surface area contributed by atoms with Crippen LogP contribution >= 0.6 is 0 Å². The molecule has 4 aromatic rings. The number of aromatic nitrogens is 4. The van der Waals surface area contributed by atoms with E-state index in [4.69, 9.17) is 0 Å². The van der Waals surface area contributed by atoms with E-state index in [0.29, 0.717) is 24.1 Å². The zero-order valence-electron chi connectivity index (χ0n) is 20.5. The van der Waals surface area contributed by atoms with Gasteiger partial charge in [-0.25, -0.2) is 15.0 Å². The molecule has 1 saturated carbocycles. The second-order valence-corrected chi connectivity index (χ2v) is 9.97. The maximum Gasteiger partial charge on any atom is 0.222 e. The topological polar surface area (TPSA) is 81.8 Å². The number of likely N-dealkylation sites (N-methyl/N-ethyl adjacent to an activating group) is 1. The fourth-order valence-electron chi connectivity index (χ4n) is 5.70. The van der Waals surface area contributed by atoms with Gasteiger partial charge in [0.05, 0.1) is 17.9 Å². The smallest absolute Gasteiger partial charge is 0.222 e. The predicted octanol–water partition coefficient (Wildman–Crippen LogP) is 5.01. The summed E-state index contributed by atoms with van der Waals surface area (Å²) in [6.45, 7) is 1.14. The normalized spacial score (nSPS) is 22.7. The van der Waals surface area contributed by atoms with Gasteiger partial charge in [0.2, 0.25) is 5.95 Å². The van der Waals surface area contributed by atoms with Crippen molar-refractivity contribution in [3.63, 3.8) is 0 Å². The third-order valence-electron chi connectivity index (χ3n) is 7.77. The Morgan fingerprint density at radius 3 is 2.31 bits per heavy atom. The number of aromatic amines is 1. The lowest BCUT2D eigenvalue weighted by Gasteiger charge is -2.20. The van der Waals surface area contributed by atoms with Crippen molar-refractivity contribution in [2.24, 2.45) is 0 Å². The van der Waals surface area contributed by atoms with Gasteiger partial charge < -0.3 is 15.6 Å². The Morgan fingerprint density at radius 1 is 0.829 bits per heavy atom. The van der Waals surface area contributed by atoms with Gasteiger partial charge in [0.1, 0.15) is 5.82 Å². The van der Waals surface area contributed by atoms with Crippen molar-refractivity contribution in [1.82, 2.24) is 30.2 Å². The van der Waals surface area contributed by atoms with E-state index < -0.39 is 0 Å². The molecule has 2 aromatic carbocycles. The maximum absolute atomic E-state index is 4.69. The van der Waals surface area contributed by atoms with Gasteiger partial charge in [-0.1, -0.05) is 24.3 Å². The van der Waals surface area contributed by atoms with Crippen LogP contribution in [0.25, 0.3) is 33.2 Å². The number of fused-ring (bicyclic) bond motifs is 1. The second-order valence-electron chi connectivity index (χ2n) is 9.97. The van der Waals surface area contributed by atoms with Crippen LogP contribution in [0.15, 0.2) is 55.0 Å². The highest BCUT2D eigenvalue weighted by Gasteiger charge is 2.26. The number of nitrogens with one attached hydrogen (secondary N) is 3. The SMILES string of the molecule is CN[C@@H]1CCC[C@H]1Nc1ncc(-c2ccc3cc(-c4cnc([C@@H]5CCCN5C)[nH]4)ccc3c2)cn1. The number of hydrogen-bond donors (Lipinski definition) is 3. The molecule has 1 aliphatic carbocycles. The largest absolute Gasteiger partial charge is 0.350 e. The zero-order chi connectivity index (χ0) is 23.8. The summed E-state index contributed by atoms with van der Waals surface area (Å²) in [4.78, 5) is 19.8. The minimum absolute atomic E-state index is 0.394. The summed E-state index contributed by atoms with van der Waals surface area (Å²) in [5.74, 6) is 1.77. The van der Waals surface area contributed by atoms with Crippen molar-refractivity contribution < 1.29 is 0 Å². The minimum atomic E-state index is 0.394. The average molecular weight is 468 g/mol. The fraction of sp³-hybridized carbons (Fsp3) is 0.393. The molecule has 0 unspecified atom stereocenters. The van der Waals surface area contributed by atoms with Crippen LogP contribution in [0, 0.1) is 0 Å². The molecule has 3 N–H and O–H groups in total. The van der Waals surface area contributed by atoms with Crippen molar-refractivity contribution in [2.75, 3.05) is 26.0 Å². The summed E-state index contributed by atoms with van der Waals surface area (Å²) in [7, 11) is 4.20. The fourth-order valence-corrected chi connectivity index (χ4v) is 5.70. The second kappa shape index (κ2) is 9.40. The van der Waals surface area contributed by atoms with Crippen molar-refractivity contribution in [1.29, 1.82) is 0 Å². The van der Waals surface area contributed by atoms with E-state index in [1.165, 1.54) is 36.5 Å². The lowest BCUT2D eigenvalue weighted by atomic mass is 10.0. The molecule has 0 amide bonds. The lowest BCUT2D eigenvalue weighted by Crippen LogP contribution is -2.38. The average Bonchev–Trinajstić information content (AvgIpc) is 3.65. The summed E-state index contributed by atoms with van der Waals surface area (Å²) >= 11 is 0. The molecule has 180 valence electrons. The first-order valence-corrected chi connectivity index (χ1v) is 12.7. The first kappa shape index (κ1) is 22.2. The highest BCUT2D eigenvalue weighted by atomic mass is 15.2. The zero-order valence-corrected chi connectivity index (χ0v) is 20.5. The molecule has 3 atom stereocenters. The van der Waals surface area contributed by atoms with Crippen molar-refractivity contribution >= 4 is 16.7 Å². The molecular formula is C28H33N7. The number of anilines is 1. The molecule has 1 saturated heterocycles. The molecule has 2 aromatic heterocycles. The molecular weight excluding hydrogens is 434 g/mol. The number of benzene rings is 2. The Balaban J connectivity index is 1.19. The third kappa shape index (κ3) is 4.42. The predicted molar refractivity (Wildman–Crippen MR) is 141 cm³/mol. The number of imidazole rings is 1. The van der Waals surface area contributed by atoms with E-state index in [9.17, 15) is 0 Å². The van der Waals surface area contributed by atoms with Crippen LogP contribution in [-0.2, 0) is 0 Å². The molecule has 1 aliphatic heterocycles. The van der Waals surface area contributed by atoms with E-state index in [0.717, 1.165) is 41.2 Å². The monoisotopic (exact) mass is 467 g/mol. The molecule has 3 heterocycles. The number of hydrogen-bond acceptors (Lipinski definition) is 6. The van der Waals surface area contributed by atoms with Crippen LogP contribution in [0.4, 0.5) is 5.95 Å². The summed E-state index contributed by atoms with van der Waals surface area (Å²) in [5, 5.41) is 9.30. The van der Waals surface area contributed by atoms with Crippen LogP contribution in [0.2, 0.25) is 0 Å². The van der Waals surface area contributed by atoms with Gasteiger partial charge in [0.15, 0.2) is 0 Å². The van der Waals surface area contributed by atoms with Crippen molar-refractivity contribution in [2.45, 2.75) is 50.2 Å². The summed E-state index contributed by atoms with van der Waals surface area (Å²) in [5.41, 5.74) is 4.39. The van der Waals surface area contributed by atoms with E-state index in [2.05, 4.69) is 78.9 Å². The lowest BCUT2D eigenvalue weighted by molar-refractivity contribution is 0.307. The Bertz CT molecular complexity index is 1310. The Hall–Kier alpha value is -3.29. The molecule has 7 nitrogen and oxygen atoms in total. The third-order valence-corrected chi connectivity index (χ3v) is 7.77. The standard InChI is InChI=1S/C28H33N7/c1-29-23-5-3-6-24(23)34-28-31-15-22(16-32-28)20-9-8-19-14-21(11-10-18(19)13-20)25-17-30-27(33-25)26-7-4-12-35(26)2/h8-11,13-17,23-24,26,29H,3-7,12H2,1-2H3,(H,30,33)(H,31,32,34)/t23-,24-,26+/m1/s1. The van der Waals surface area contributed by atoms with Crippen LogP contribution in [0.3, 0.4) is 0 Å². The number of nitrogens with zero attached hydrogens (tertiary/aromatic N) is 4. The molecule has 2 fully saturated rings. The number of rotatable bonds is 6. The molecule has 7 heteroatoms. The minimum Gasteiger partial charge on any atom is -0.350 e. The van der Waals surface area contributed by atoms with Crippen LogP contribution in [0.1, 0.15) is 44.0 Å². The highest BCUT2D eigenvalue weighted by Crippen LogP contribution is 2.32. The van der Waals surface area contributed by atoms with Gasteiger partial charge in [-0.3, -0.25) is 4.90 Å². The Labute approximate surface area is 206 Å². The number of likely N-dealkylation sites (tertiary alicyclic amines) is 1. The van der Waals surface area contributed by atoms with Gasteiger partial charge in [-0.2, -0.15) is 0 Å². The highest BCUT2D eigenvalue weighted by molar-refractivity contribution is 5.90. The molecule has 0 spiro atoms. The summed E-state index contributed by atoms with van der Waals surface area (Å²) < 4.78 is 0.